The number of aromatic nitrogens is 1. The lowest BCUT2D eigenvalue weighted by Crippen LogP contribution is -2.54. The monoisotopic (exact) mass is 547 g/mol. The molecule has 6 heteroatoms. The number of nitrogens with zero attached hydrogens (tertiary/aromatic N) is 2. The highest BCUT2D eigenvalue weighted by atomic mass is 16.2. The average molecular weight is 548 g/mol. The first kappa shape index (κ1) is 26.0. The minimum Gasteiger partial charge on any atom is -0.318 e. The SMILES string of the molecule is CCc1ccc(N2C(=O)NC(=O)/C(=C/c3cc(C)n(-c4ccc(C56CC7CC(CC(C7)C5)C6)cc4)c3C)C2=O)cc1. The van der Waals surface area contributed by atoms with Crippen LogP contribution >= 0.6 is 0 Å². The number of rotatable bonds is 5. The van der Waals surface area contributed by atoms with Crippen molar-refractivity contribution in [3.8, 4) is 5.69 Å². The molecule has 0 radical (unpaired) electrons. The summed E-state index contributed by atoms with van der Waals surface area (Å²) in [6.07, 6.45) is 10.8. The Hall–Kier alpha value is -3.93. The molecule has 1 aromatic heterocycles. The molecule has 2 heterocycles. The molecular weight excluding hydrogens is 510 g/mol. The van der Waals surface area contributed by atoms with Crippen molar-refractivity contribution in [2.75, 3.05) is 4.90 Å². The number of benzene rings is 2. The van der Waals surface area contributed by atoms with E-state index in [2.05, 4.69) is 34.1 Å². The van der Waals surface area contributed by atoms with Crippen molar-refractivity contribution in [1.29, 1.82) is 0 Å². The Labute approximate surface area is 241 Å². The summed E-state index contributed by atoms with van der Waals surface area (Å²) in [5, 5.41) is 2.34. The van der Waals surface area contributed by atoms with E-state index in [9.17, 15) is 14.4 Å². The molecule has 210 valence electrons. The third kappa shape index (κ3) is 4.27. The largest absolute Gasteiger partial charge is 0.335 e. The number of amides is 4. The molecule has 6 nitrogen and oxygen atoms in total. The molecular formula is C35H37N3O3. The van der Waals surface area contributed by atoms with Gasteiger partial charge in [-0.1, -0.05) is 31.2 Å². The molecule has 3 aromatic rings. The topological polar surface area (TPSA) is 71.4 Å². The Kier molecular flexibility index (Phi) is 6.07. The van der Waals surface area contributed by atoms with Gasteiger partial charge >= 0.3 is 6.03 Å². The molecule has 4 saturated carbocycles. The van der Waals surface area contributed by atoms with E-state index in [1.165, 1.54) is 44.1 Å². The van der Waals surface area contributed by atoms with Gasteiger partial charge in [0.2, 0.25) is 0 Å². The highest BCUT2D eigenvalue weighted by molar-refractivity contribution is 6.39. The Morgan fingerprint density at radius 1 is 0.854 bits per heavy atom. The molecule has 41 heavy (non-hydrogen) atoms. The van der Waals surface area contributed by atoms with Gasteiger partial charge in [-0.25, -0.2) is 9.69 Å². The molecule has 1 aliphatic heterocycles. The maximum Gasteiger partial charge on any atom is 0.335 e. The van der Waals surface area contributed by atoms with Gasteiger partial charge in [-0.15, -0.1) is 0 Å². The minimum absolute atomic E-state index is 0.0541. The quantitative estimate of drug-likeness (QED) is 0.282. The molecule has 0 unspecified atom stereocenters. The zero-order valence-electron chi connectivity index (χ0n) is 24.1. The Morgan fingerprint density at radius 2 is 1.44 bits per heavy atom. The van der Waals surface area contributed by atoms with Gasteiger partial charge in [0.25, 0.3) is 11.8 Å². The van der Waals surface area contributed by atoms with E-state index in [-0.39, 0.29) is 5.57 Å². The summed E-state index contributed by atoms with van der Waals surface area (Å²) < 4.78 is 2.17. The van der Waals surface area contributed by atoms with Gasteiger partial charge in [-0.3, -0.25) is 14.9 Å². The number of hydrogen-bond acceptors (Lipinski definition) is 3. The van der Waals surface area contributed by atoms with Crippen molar-refractivity contribution < 1.29 is 14.4 Å². The number of barbiturate groups is 1. The van der Waals surface area contributed by atoms with Crippen LogP contribution in [0.1, 0.15) is 73.5 Å². The van der Waals surface area contributed by atoms with Gasteiger partial charge < -0.3 is 4.57 Å². The van der Waals surface area contributed by atoms with Gasteiger partial charge in [0.05, 0.1) is 5.69 Å². The van der Waals surface area contributed by atoms with Crippen molar-refractivity contribution in [1.82, 2.24) is 9.88 Å². The molecule has 5 fully saturated rings. The lowest BCUT2D eigenvalue weighted by molar-refractivity contribution is -0.122. The maximum atomic E-state index is 13.4. The van der Waals surface area contributed by atoms with E-state index in [4.69, 9.17) is 0 Å². The molecule has 1 saturated heterocycles. The zero-order valence-corrected chi connectivity index (χ0v) is 24.1. The highest BCUT2D eigenvalue weighted by Gasteiger charge is 2.51. The number of anilines is 1. The van der Waals surface area contributed by atoms with Crippen LogP contribution in [0.2, 0.25) is 0 Å². The van der Waals surface area contributed by atoms with E-state index in [0.29, 0.717) is 11.1 Å². The second-order valence-electron chi connectivity index (χ2n) is 12.9. The predicted molar refractivity (Wildman–Crippen MR) is 160 cm³/mol. The lowest BCUT2D eigenvalue weighted by Gasteiger charge is -2.57. The zero-order chi connectivity index (χ0) is 28.5. The van der Waals surface area contributed by atoms with Crippen molar-refractivity contribution in [3.63, 3.8) is 0 Å². The van der Waals surface area contributed by atoms with Crippen LogP contribution in [-0.4, -0.2) is 22.4 Å². The molecule has 4 bridgehead atoms. The number of carbonyl (C=O) groups excluding carboxylic acids is 3. The first-order chi connectivity index (χ1) is 19.7. The molecule has 2 aromatic carbocycles. The van der Waals surface area contributed by atoms with Crippen LogP contribution in [-0.2, 0) is 21.4 Å². The van der Waals surface area contributed by atoms with Gasteiger partial charge in [-0.2, -0.15) is 0 Å². The van der Waals surface area contributed by atoms with Gasteiger partial charge in [0.1, 0.15) is 5.57 Å². The van der Waals surface area contributed by atoms with Crippen molar-refractivity contribution in [3.05, 3.63) is 88.2 Å². The van der Waals surface area contributed by atoms with Crippen LogP contribution in [0.25, 0.3) is 11.8 Å². The molecule has 0 atom stereocenters. The third-order valence-corrected chi connectivity index (χ3v) is 10.3. The molecule has 4 amide bonds. The van der Waals surface area contributed by atoms with E-state index in [1.54, 1.807) is 18.2 Å². The van der Waals surface area contributed by atoms with Gasteiger partial charge in [0, 0.05) is 17.1 Å². The van der Waals surface area contributed by atoms with E-state index < -0.39 is 17.8 Å². The van der Waals surface area contributed by atoms with Gasteiger partial charge in [0.15, 0.2) is 0 Å². The fraction of sp³-hybridized carbons (Fsp3) is 0.400. The van der Waals surface area contributed by atoms with Crippen LogP contribution in [0.15, 0.2) is 60.2 Å². The standard InChI is InChI=1S/C35H37N3O3/c1-4-23-5-9-30(10-6-23)38-33(40)31(32(39)36-34(38)41)17-27-13-21(2)37(22(27)3)29-11-7-28(8-12-29)35-18-24-14-25(19-35)16-26(15-24)20-35/h5-13,17,24-26H,4,14-16,18-20H2,1-3H3,(H,36,39,41)/b31-17-. The first-order valence-electron chi connectivity index (χ1n) is 15.0. The smallest absolute Gasteiger partial charge is 0.318 e. The van der Waals surface area contributed by atoms with E-state index in [1.807, 2.05) is 39.0 Å². The highest BCUT2D eigenvalue weighted by Crippen LogP contribution is 2.60. The van der Waals surface area contributed by atoms with Crippen molar-refractivity contribution in [2.45, 2.75) is 71.1 Å². The molecule has 1 N–H and O–H groups in total. The number of urea groups is 1. The number of carbonyl (C=O) groups is 3. The molecule has 5 aliphatic rings. The maximum absolute atomic E-state index is 13.4. The minimum atomic E-state index is -0.731. The number of hydrogen-bond donors (Lipinski definition) is 1. The Morgan fingerprint density at radius 3 is 2.02 bits per heavy atom. The average Bonchev–Trinajstić information content (AvgIpc) is 3.22. The number of nitrogens with one attached hydrogen (secondary N) is 1. The van der Waals surface area contributed by atoms with Crippen LogP contribution in [0.3, 0.4) is 0 Å². The number of aryl methyl sites for hydroxylation is 2. The summed E-state index contributed by atoms with van der Waals surface area (Å²) in [7, 11) is 0. The van der Waals surface area contributed by atoms with Crippen molar-refractivity contribution >= 4 is 29.6 Å². The summed E-state index contributed by atoms with van der Waals surface area (Å²) >= 11 is 0. The summed E-state index contributed by atoms with van der Waals surface area (Å²) in [6, 6.07) is 17.6. The van der Waals surface area contributed by atoms with Gasteiger partial charge in [-0.05, 0) is 135 Å². The molecule has 8 rings (SSSR count). The number of imide groups is 2. The Bertz CT molecular complexity index is 1560. The second kappa shape index (κ2) is 9.57. The van der Waals surface area contributed by atoms with E-state index in [0.717, 1.165) is 57.3 Å². The fourth-order valence-electron chi connectivity index (χ4n) is 8.69. The molecule has 4 aliphatic carbocycles. The Balaban J connectivity index is 1.18. The van der Waals surface area contributed by atoms with Crippen molar-refractivity contribution in [2.24, 2.45) is 17.8 Å². The van der Waals surface area contributed by atoms with Crippen LogP contribution in [0.5, 0.6) is 0 Å². The normalized spacial score (nSPS) is 28.1. The van der Waals surface area contributed by atoms with E-state index >= 15 is 0 Å². The summed E-state index contributed by atoms with van der Waals surface area (Å²) in [5.41, 5.74) is 7.15. The summed E-state index contributed by atoms with van der Waals surface area (Å²) in [5.74, 6) is 1.44. The first-order valence-corrected chi connectivity index (χ1v) is 15.0. The lowest BCUT2D eigenvalue weighted by atomic mass is 9.48. The second-order valence-corrected chi connectivity index (χ2v) is 12.9. The fourth-order valence-corrected chi connectivity index (χ4v) is 8.69. The van der Waals surface area contributed by atoms with Crippen LogP contribution in [0.4, 0.5) is 10.5 Å². The van der Waals surface area contributed by atoms with Crippen LogP contribution in [0, 0.1) is 31.6 Å². The predicted octanol–water partition coefficient (Wildman–Crippen LogP) is 6.79. The summed E-state index contributed by atoms with van der Waals surface area (Å²) in [6.45, 7) is 6.08. The third-order valence-electron chi connectivity index (χ3n) is 10.3. The molecule has 0 spiro atoms. The summed E-state index contributed by atoms with van der Waals surface area (Å²) in [4.78, 5) is 39.9. The van der Waals surface area contributed by atoms with Crippen LogP contribution < -0.4 is 10.2 Å².